The summed E-state index contributed by atoms with van der Waals surface area (Å²) in [7, 11) is 3.63. The molecule has 0 aliphatic carbocycles. The van der Waals surface area contributed by atoms with E-state index >= 15 is 0 Å². The number of benzene rings is 2. The lowest BCUT2D eigenvalue weighted by atomic mass is 9.98. The Bertz CT molecular complexity index is 792. The maximum Gasteiger partial charge on any atom is 0.259 e. The highest BCUT2D eigenvalue weighted by Gasteiger charge is 2.20. The van der Waals surface area contributed by atoms with E-state index in [0.717, 1.165) is 25.2 Å². The number of carbonyl (C=O) groups excluding carboxylic acids is 1. The van der Waals surface area contributed by atoms with E-state index in [1.54, 1.807) is 12.1 Å². The highest BCUT2D eigenvalue weighted by atomic mass is 79.9. The number of fused-ring (bicyclic) bond motifs is 1. The molecule has 2 aromatic rings. The van der Waals surface area contributed by atoms with Crippen LogP contribution in [0.25, 0.3) is 0 Å². The van der Waals surface area contributed by atoms with E-state index in [1.807, 2.05) is 12.1 Å². The minimum Gasteiger partial charge on any atom is -0.496 e. The van der Waals surface area contributed by atoms with Gasteiger partial charge in [0.1, 0.15) is 5.75 Å². The van der Waals surface area contributed by atoms with Crippen molar-refractivity contribution in [2.45, 2.75) is 13.0 Å². The lowest BCUT2D eigenvalue weighted by molar-refractivity contribution is 0.102. The average molecular weight is 390 g/mol. The summed E-state index contributed by atoms with van der Waals surface area (Å²) in [6.45, 7) is 1.88. The fraction of sp³-hybridized carbons (Fsp3) is 0.278. The molecule has 1 aliphatic rings. The molecule has 0 bridgehead atoms. The van der Waals surface area contributed by atoms with Crippen LogP contribution in [0.4, 0.5) is 11.4 Å². The van der Waals surface area contributed by atoms with Gasteiger partial charge < -0.3 is 20.7 Å². The van der Waals surface area contributed by atoms with Gasteiger partial charge >= 0.3 is 0 Å². The van der Waals surface area contributed by atoms with Gasteiger partial charge in [-0.05, 0) is 52.7 Å². The van der Waals surface area contributed by atoms with Crippen molar-refractivity contribution in [1.29, 1.82) is 0 Å². The first-order chi connectivity index (χ1) is 11.5. The van der Waals surface area contributed by atoms with Crippen LogP contribution >= 0.6 is 15.9 Å². The van der Waals surface area contributed by atoms with E-state index in [2.05, 4.69) is 39.3 Å². The van der Waals surface area contributed by atoms with E-state index < -0.39 is 0 Å². The lowest BCUT2D eigenvalue weighted by Crippen LogP contribution is -2.27. The number of hydrogen-bond acceptors (Lipinski definition) is 4. The Kier molecular flexibility index (Phi) is 4.78. The van der Waals surface area contributed by atoms with Crippen LogP contribution in [0.5, 0.6) is 5.75 Å². The van der Waals surface area contributed by atoms with Crippen LogP contribution in [-0.2, 0) is 13.0 Å². The summed E-state index contributed by atoms with van der Waals surface area (Å²) in [5.74, 6) is 0.248. The van der Waals surface area contributed by atoms with Crippen molar-refractivity contribution >= 4 is 33.2 Å². The maximum absolute atomic E-state index is 12.7. The predicted octanol–water partition coefficient (Wildman–Crippen LogP) is 3.28. The van der Waals surface area contributed by atoms with Gasteiger partial charge in [0.2, 0.25) is 0 Å². The molecule has 2 aromatic carbocycles. The number of nitrogen functional groups attached to an aromatic ring is 1. The summed E-state index contributed by atoms with van der Waals surface area (Å²) >= 11 is 3.36. The van der Waals surface area contributed by atoms with E-state index in [1.165, 1.54) is 18.2 Å². The Balaban J connectivity index is 1.91. The molecule has 0 fully saturated rings. The second-order valence-electron chi connectivity index (χ2n) is 5.96. The summed E-state index contributed by atoms with van der Waals surface area (Å²) in [5.41, 5.74) is 10.2. The first-order valence-electron chi connectivity index (χ1n) is 7.73. The summed E-state index contributed by atoms with van der Waals surface area (Å²) in [4.78, 5) is 15.0. The third-order valence-corrected chi connectivity index (χ3v) is 4.96. The Morgan fingerprint density at radius 2 is 2.17 bits per heavy atom. The van der Waals surface area contributed by atoms with Gasteiger partial charge in [-0.1, -0.05) is 12.1 Å². The number of nitrogens with two attached hydrogens (primary N) is 1. The molecule has 3 rings (SSSR count). The molecule has 0 aromatic heterocycles. The lowest BCUT2D eigenvalue weighted by Gasteiger charge is -2.26. The topological polar surface area (TPSA) is 67.6 Å². The zero-order valence-corrected chi connectivity index (χ0v) is 15.3. The molecule has 1 aliphatic heterocycles. The highest BCUT2D eigenvalue weighted by Crippen LogP contribution is 2.31. The molecule has 0 atom stereocenters. The highest BCUT2D eigenvalue weighted by molar-refractivity contribution is 9.10. The van der Waals surface area contributed by atoms with Crippen molar-refractivity contribution in [3.8, 4) is 5.75 Å². The average Bonchev–Trinajstić information content (AvgIpc) is 2.56. The van der Waals surface area contributed by atoms with Crippen molar-refractivity contribution in [2.24, 2.45) is 0 Å². The second kappa shape index (κ2) is 6.83. The third kappa shape index (κ3) is 3.25. The molecular weight excluding hydrogens is 370 g/mol. The molecule has 0 radical (unpaired) electrons. The smallest absolute Gasteiger partial charge is 0.259 e. The van der Waals surface area contributed by atoms with Gasteiger partial charge in [-0.3, -0.25) is 4.79 Å². The monoisotopic (exact) mass is 389 g/mol. The first kappa shape index (κ1) is 16.8. The van der Waals surface area contributed by atoms with Crippen molar-refractivity contribution < 1.29 is 9.53 Å². The number of carbonyl (C=O) groups is 1. The number of nitrogens with zero attached hydrogens (tertiary/aromatic N) is 1. The van der Waals surface area contributed by atoms with E-state index in [9.17, 15) is 4.79 Å². The van der Waals surface area contributed by atoms with Gasteiger partial charge in [0.15, 0.2) is 0 Å². The fourth-order valence-electron chi connectivity index (χ4n) is 2.97. The number of rotatable bonds is 3. The Hall–Kier alpha value is -2.05. The Labute approximate surface area is 149 Å². The zero-order chi connectivity index (χ0) is 17.3. The van der Waals surface area contributed by atoms with Gasteiger partial charge in [-0.25, -0.2) is 0 Å². The molecule has 126 valence electrons. The third-order valence-electron chi connectivity index (χ3n) is 4.27. The second-order valence-corrected chi connectivity index (χ2v) is 6.81. The maximum atomic E-state index is 12.7. The number of likely N-dealkylation sites (N-methyl/N-ethyl adjacent to an activating group) is 1. The van der Waals surface area contributed by atoms with Crippen molar-refractivity contribution in [3.63, 3.8) is 0 Å². The Morgan fingerprint density at radius 1 is 1.38 bits per heavy atom. The zero-order valence-electron chi connectivity index (χ0n) is 13.7. The van der Waals surface area contributed by atoms with E-state index in [0.29, 0.717) is 21.5 Å². The number of amides is 1. The van der Waals surface area contributed by atoms with Crippen molar-refractivity contribution in [1.82, 2.24) is 4.90 Å². The molecule has 24 heavy (non-hydrogen) atoms. The quantitative estimate of drug-likeness (QED) is 0.790. The molecule has 1 amide bonds. The van der Waals surface area contributed by atoms with Crippen molar-refractivity contribution in [2.75, 3.05) is 31.8 Å². The minimum absolute atomic E-state index is 0.208. The Morgan fingerprint density at radius 3 is 2.92 bits per heavy atom. The molecule has 5 nitrogen and oxygen atoms in total. The summed E-state index contributed by atoms with van der Waals surface area (Å²) in [6.07, 6.45) is 0.921. The predicted molar refractivity (Wildman–Crippen MR) is 99.5 cm³/mol. The van der Waals surface area contributed by atoms with Crippen LogP contribution in [0.1, 0.15) is 21.5 Å². The molecular formula is C18H20BrN3O2. The van der Waals surface area contributed by atoms with Gasteiger partial charge in [0, 0.05) is 35.0 Å². The largest absolute Gasteiger partial charge is 0.496 e. The normalized spacial score (nSPS) is 14.1. The molecule has 1 heterocycles. The number of ether oxygens (including phenoxy) is 1. The van der Waals surface area contributed by atoms with Crippen LogP contribution in [-0.4, -0.2) is 31.5 Å². The molecule has 0 saturated heterocycles. The molecule has 3 N–H and O–H groups in total. The number of hydrogen-bond donors (Lipinski definition) is 2. The van der Waals surface area contributed by atoms with Crippen LogP contribution < -0.4 is 15.8 Å². The summed E-state index contributed by atoms with van der Waals surface area (Å²) < 4.78 is 5.97. The number of halogens is 1. The first-order valence-corrected chi connectivity index (χ1v) is 8.52. The number of anilines is 2. The molecule has 0 spiro atoms. The van der Waals surface area contributed by atoms with Crippen LogP contribution in [0.3, 0.4) is 0 Å². The van der Waals surface area contributed by atoms with Crippen LogP contribution in [0.15, 0.2) is 34.8 Å². The van der Waals surface area contributed by atoms with E-state index in [-0.39, 0.29) is 5.91 Å². The number of methoxy groups -OCH3 is 1. The van der Waals surface area contributed by atoms with Crippen molar-refractivity contribution in [3.05, 3.63) is 51.5 Å². The van der Waals surface area contributed by atoms with Crippen LogP contribution in [0.2, 0.25) is 0 Å². The fourth-order valence-corrected chi connectivity index (χ4v) is 3.32. The SMILES string of the molecule is COc1cc(N)c(Br)cc1C(=O)Nc1cccc2c1CCN(C)C2. The summed E-state index contributed by atoms with van der Waals surface area (Å²) in [5, 5.41) is 3.02. The van der Waals surface area contributed by atoms with Gasteiger partial charge in [0.25, 0.3) is 5.91 Å². The molecule has 0 unspecified atom stereocenters. The van der Waals surface area contributed by atoms with Crippen LogP contribution in [0, 0.1) is 0 Å². The molecule has 6 heteroatoms. The van der Waals surface area contributed by atoms with E-state index in [4.69, 9.17) is 10.5 Å². The molecule has 0 saturated carbocycles. The minimum atomic E-state index is -0.208. The number of nitrogens with one attached hydrogen (secondary N) is 1. The van der Waals surface area contributed by atoms with Gasteiger partial charge in [-0.2, -0.15) is 0 Å². The van der Waals surface area contributed by atoms with Gasteiger partial charge in [-0.15, -0.1) is 0 Å². The summed E-state index contributed by atoms with van der Waals surface area (Å²) in [6, 6.07) is 9.37. The standard InChI is InChI=1S/C18H20BrN3O2/c1-22-7-6-12-11(10-22)4-3-5-16(12)21-18(23)13-8-14(19)15(20)9-17(13)24-2/h3-5,8-9H,6-7,10,20H2,1-2H3,(H,21,23). The van der Waals surface area contributed by atoms with Gasteiger partial charge in [0.05, 0.1) is 12.7 Å².